The molecular weight excluding hydrogens is 244 g/mol. The monoisotopic (exact) mass is 258 g/mol. The summed E-state index contributed by atoms with van der Waals surface area (Å²) in [5.74, 6) is -0.335. The number of hydrogen-bond donors (Lipinski definition) is 0. The smallest absolute Gasteiger partial charge is 0.338 e. The Bertz CT molecular complexity index is 608. The molecule has 1 aromatic heterocycles. The number of thiophene rings is 1. The van der Waals surface area contributed by atoms with E-state index < -0.39 is 0 Å². The van der Waals surface area contributed by atoms with Crippen molar-refractivity contribution in [1.82, 2.24) is 0 Å². The van der Waals surface area contributed by atoms with Gasteiger partial charge in [0.15, 0.2) is 0 Å². The average molecular weight is 258 g/mol. The lowest BCUT2D eigenvalue weighted by molar-refractivity contribution is -0.138. The van der Waals surface area contributed by atoms with Crippen molar-refractivity contribution in [1.29, 1.82) is 0 Å². The largest absolute Gasteiger partial charge is 0.462 e. The Kier molecular flexibility index (Phi) is 3.95. The van der Waals surface area contributed by atoms with Crippen LogP contribution in [0.3, 0.4) is 0 Å². The maximum Gasteiger partial charge on any atom is 0.338 e. The minimum absolute atomic E-state index is 0.335. The zero-order valence-electron chi connectivity index (χ0n) is 10.2. The highest BCUT2D eigenvalue weighted by Gasteiger charge is 2.06. The number of hydrogen-bond acceptors (Lipinski definition) is 3. The average Bonchev–Trinajstić information content (AvgIpc) is 2.83. The van der Waals surface area contributed by atoms with Crippen LogP contribution in [-0.2, 0) is 9.53 Å². The number of carbonyl (C=O) groups excluding carboxylic acids is 1. The van der Waals surface area contributed by atoms with Gasteiger partial charge in [0.25, 0.3) is 0 Å². The van der Waals surface area contributed by atoms with Crippen molar-refractivity contribution < 1.29 is 9.53 Å². The van der Waals surface area contributed by atoms with Gasteiger partial charge in [-0.25, -0.2) is 4.79 Å². The second-order valence-corrected chi connectivity index (χ2v) is 4.69. The van der Waals surface area contributed by atoms with Gasteiger partial charge in [-0.3, -0.25) is 0 Å². The molecule has 2 rings (SSSR count). The van der Waals surface area contributed by atoms with Crippen molar-refractivity contribution in [2.24, 2.45) is 0 Å². The molecule has 3 heteroatoms. The van der Waals surface area contributed by atoms with Crippen LogP contribution in [0, 0.1) is 0 Å². The first-order chi connectivity index (χ1) is 8.74. The number of benzene rings is 1. The molecule has 0 unspecified atom stereocenters. The Labute approximate surface area is 110 Å². The standard InChI is InChI=1S/C15H14O2S/c1-3-12(15(16)17-4-2)9-11-5-6-14-13(10-11)7-8-18-14/h3,5-10H,1,4H2,2H3. The van der Waals surface area contributed by atoms with Crippen LogP contribution in [-0.4, -0.2) is 12.6 Å². The molecule has 0 aliphatic carbocycles. The fourth-order valence-corrected chi connectivity index (χ4v) is 2.44. The maximum atomic E-state index is 11.6. The van der Waals surface area contributed by atoms with E-state index >= 15 is 0 Å². The Hall–Kier alpha value is -1.87. The molecule has 0 N–H and O–H groups in total. The van der Waals surface area contributed by atoms with E-state index in [0.717, 1.165) is 5.56 Å². The molecule has 0 fully saturated rings. The summed E-state index contributed by atoms with van der Waals surface area (Å²) in [5.41, 5.74) is 1.45. The van der Waals surface area contributed by atoms with Gasteiger partial charge >= 0.3 is 5.97 Å². The molecule has 0 atom stereocenters. The Morgan fingerprint density at radius 2 is 2.28 bits per heavy atom. The molecule has 92 valence electrons. The molecule has 0 aliphatic heterocycles. The third-order valence-corrected chi connectivity index (χ3v) is 3.43. The summed E-state index contributed by atoms with van der Waals surface area (Å²) in [7, 11) is 0. The minimum atomic E-state index is -0.335. The highest BCUT2D eigenvalue weighted by atomic mass is 32.1. The van der Waals surface area contributed by atoms with E-state index in [1.807, 2.05) is 6.07 Å². The molecule has 2 nitrogen and oxygen atoms in total. The predicted octanol–water partition coefficient (Wildman–Crippen LogP) is 4.03. The number of carbonyl (C=O) groups is 1. The third kappa shape index (κ3) is 2.68. The van der Waals surface area contributed by atoms with E-state index in [4.69, 9.17) is 4.74 Å². The molecule has 0 bridgehead atoms. The Morgan fingerprint density at radius 1 is 1.44 bits per heavy atom. The number of esters is 1. The van der Waals surface area contributed by atoms with Gasteiger partial charge in [0.1, 0.15) is 0 Å². The molecule has 0 radical (unpaired) electrons. The SMILES string of the molecule is C=CC(=Cc1ccc2sccc2c1)C(=O)OCC. The Balaban J connectivity index is 2.34. The molecule has 0 saturated heterocycles. The second kappa shape index (κ2) is 5.65. The fraction of sp³-hybridized carbons (Fsp3) is 0.133. The van der Waals surface area contributed by atoms with E-state index in [1.54, 1.807) is 24.3 Å². The van der Waals surface area contributed by atoms with Crippen molar-refractivity contribution in [3.8, 4) is 0 Å². The highest BCUT2D eigenvalue weighted by Crippen LogP contribution is 2.23. The zero-order valence-corrected chi connectivity index (χ0v) is 11.0. The molecule has 0 amide bonds. The lowest BCUT2D eigenvalue weighted by Gasteiger charge is -2.02. The van der Waals surface area contributed by atoms with E-state index in [2.05, 4.69) is 30.2 Å². The van der Waals surface area contributed by atoms with Gasteiger partial charge in [-0.1, -0.05) is 18.7 Å². The van der Waals surface area contributed by atoms with Crippen molar-refractivity contribution in [2.45, 2.75) is 6.92 Å². The highest BCUT2D eigenvalue weighted by molar-refractivity contribution is 7.17. The summed E-state index contributed by atoms with van der Waals surface area (Å²) in [6, 6.07) is 8.16. The molecule has 1 heterocycles. The predicted molar refractivity (Wildman–Crippen MR) is 76.6 cm³/mol. The van der Waals surface area contributed by atoms with Crippen molar-refractivity contribution >= 4 is 33.5 Å². The molecule has 1 aromatic carbocycles. The van der Waals surface area contributed by atoms with Crippen LogP contribution in [0.15, 0.2) is 47.9 Å². The first-order valence-electron chi connectivity index (χ1n) is 5.73. The van der Waals surface area contributed by atoms with E-state index in [1.165, 1.54) is 16.2 Å². The summed E-state index contributed by atoms with van der Waals surface area (Å²) in [4.78, 5) is 11.6. The van der Waals surface area contributed by atoms with Gasteiger partial charge in [0.2, 0.25) is 0 Å². The van der Waals surface area contributed by atoms with Gasteiger partial charge in [0.05, 0.1) is 12.2 Å². The van der Waals surface area contributed by atoms with Crippen LogP contribution >= 0.6 is 11.3 Å². The number of ether oxygens (including phenoxy) is 1. The quantitative estimate of drug-likeness (QED) is 0.470. The molecule has 18 heavy (non-hydrogen) atoms. The van der Waals surface area contributed by atoms with Crippen LogP contribution < -0.4 is 0 Å². The van der Waals surface area contributed by atoms with Gasteiger partial charge < -0.3 is 4.74 Å². The van der Waals surface area contributed by atoms with E-state index in [9.17, 15) is 4.79 Å². The van der Waals surface area contributed by atoms with Crippen LogP contribution in [0.1, 0.15) is 12.5 Å². The number of rotatable bonds is 4. The second-order valence-electron chi connectivity index (χ2n) is 3.74. The lowest BCUT2D eigenvalue weighted by atomic mass is 10.1. The van der Waals surface area contributed by atoms with Crippen LogP contribution in [0.5, 0.6) is 0 Å². The Morgan fingerprint density at radius 3 is 3.00 bits per heavy atom. The molecular formula is C15H14O2S. The van der Waals surface area contributed by atoms with Crippen molar-refractivity contribution in [3.05, 3.63) is 53.4 Å². The molecule has 0 spiro atoms. The van der Waals surface area contributed by atoms with E-state index in [0.29, 0.717) is 12.2 Å². The van der Waals surface area contributed by atoms with Crippen molar-refractivity contribution in [3.63, 3.8) is 0 Å². The summed E-state index contributed by atoms with van der Waals surface area (Å²) >= 11 is 1.70. The lowest BCUT2D eigenvalue weighted by Crippen LogP contribution is -2.05. The van der Waals surface area contributed by atoms with Gasteiger partial charge in [0, 0.05) is 4.70 Å². The van der Waals surface area contributed by atoms with Crippen LogP contribution in [0.2, 0.25) is 0 Å². The third-order valence-electron chi connectivity index (χ3n) is 2.53. The van der Waals surface area contributed by atoms with Gasteiger partial charge in [-0.05, 0) is 47.5 Å². The van der Waals surface area contributed by atoms with E-state index in [-0.39, 0.29) is 5.97 Å². The maximum absolute atomic E-state index is 11.6. The summed E-state index contributed by atoms with van der Waals surface area (Å²) in [6.45, 7) is 5.80. The zero-order chi connectivity index (χ0) is 13.0. The summed E-state index contributed by atoms with van der Waals surface area (Å²) in [5, 5.41) is 3.23. The summed E-state index contributed by atoms with van der Waals surface area (Å²) < 4.78 is 6.20. The molecule has 0 saturated carbocycles. The summed E-state index contributed by atoms with van der Waals surface area (Å²) in [6.07, 6.45) is 3.32. The van der Waals surface area contributed by atoms with Gasteiger partial charge in [-0.15, -0.1) is 11.3 Å². The number of fused-ring (bicyclic) bond motifs is 1. The first kappa shape index (κ1) is 12.6. The molecule has 2 aromatic rings. The minimum Gasteiger partial charge on any atom is -0.462 e. The topological polar surface area (TPSA) is 26.3 Å². The normalized spacial score (nSPS) is 11.5. The van der Waals surface area contributed by atoms with Crippen LogP contribution in [0.4, 0.5) is 0 Å². The van der Waals surface area contributed by atoms with Gasteiger partial charge in [-0.2, -0.15) is 0 Å². The van der Waals surface area contributed by atoms with Crippen molar-refractivity contribution in [2.75, 3.05) is 6.61 Å². The van der Waals surface area contributed by atoms with Crippen LogP contribution in [0.25, 0.3) is 16.2 Å². The molecule has 0 aliphatic rings. The fourth-order valence-electron chi connectivity index (χ4n) is 1.67. The first-order valence-corrected chi connectivity index (χ1v) is 6.61.